The summed E-state index contributed by atoms with van der Waals surface area (Å²) in [6.07, 6.45) is 8.22. The fraction of sp³-hybridized carbons (Fsp3) is 0.0411. The second kappa shape index (κ2) is 16.2. The fourth-order valence-electron chi connectivity index (χ4n) is 12.7. The Kier molecular flexibility index (Phi) is 9.26. The normalized spacial score (nSPS) is 14.9. The van der Waals surface area contributed by atoms with Gasteiger partial charge in [-0.1, -0.05) is 250 Å². The zero-order chi connectivity index (χ0) is 48.2. The van der Waals surface area contributed by atoms with E-state index in [9.17, 15) is 0 Å². The van der Waals surface area contributed by atoms with Crippen molar-refractivity contribution in [3.05, 3.63) is 272 Å². The van der Waals surface area contributed by atoms with E-state index in [1.807, 2.05) is 0 Å². The van der Waals surface area contributed by atoms with Crippen molar-refractivity contribution in [2.45, 2.75) is 18.8 Å². The van der Waals surface area contributed by atoms with Crippen LogP contribution in [0.3, 0.4) is 0 Å². The first-order valence-electron chi connectivity index (χ1n) is 25.7. The Morgan fingerprint density at radius 3 is 1.18 bits per heavy atom. The Morgan fingerprint density at radius 2 is 0.671 bits per heavy atom. The first-order valence-corrected chi connectivity index (χ1v) is 25.7. The van der Waals surface area contributed by atoms with Crippen molar-refractivity contribution >= 4 is 81.0 Å². The van der Waals surface area contributed by atoms with E-state index in [2.05, 4.69) is 268 Å². The van der Waals surface area contributed by atoms with Gasteiger partial charge in [0.2, 0.25) is 0 Å². The number of allylic oxidation sites excluding steroid dienone is 4. The molecule has 0 bridgehead atoms. The molecule has 0 radical (unpaired) electrons. The molecule has 1 atom stereocenters. The smallest absolute Gasteiger partial charge is 0.0148 e. The number of benzene rings is 14. The number of rotatable bonds is 7. The van der Waals surface area contributed by atoms with Crippen LogP contribution in [0.2, 0.25) is 0 Å². The summed E-state index contributed by atoms with van der Waals surface area (Å²) in [6, 6.07) is 90.7. The molecule has 0 saturated carbocycles. The number of hydrogen-bond acceptors (Lipinski definition) is 0. The molecule has 340 valence electrons. The SMILES string of the molecule is CC1(c2cccc3ccccc23)C=CC(c2ccc3ccc4c(-c5cccc(-c6cccc(-c7cccc(-c8ccc9ccc%10c(-c%11ccccc%11)ccc%11ccc8c9c%11%10)c7)c6)c5)ccc5ccc2c3c54)=CC1. The van der Waals surface area contributed by atoms with E-state index in [4.69, 9.17) is 0 Å². The maximum absolute atomic E-state index is 2.46. The Balaban J connectivity index is 0.768. The van der Waals surface area contributed by atoms with Gasteiger partial charge in [-0.3, -0.25) is 0 Å². The predicted molar refractivity (Wildman–Crippen MR) is 314 cm³/mol. The maximum Gasteiger partial charge on any atom is 0.0148 e. The highest BCUT2D eigenvalue weighted by Crippen LogP contribution is 2.46. The third kappa shape index (κ3) is 6.61. The maximum atomic E-state index is 2.46. The molecule has 14 aromatic rings. The molecule has 0 saturated heterocycles. The van der Waals surface area contributed by atoms with Gasteiger partial charge in [-0.05, 0) is 172 Å². The van der Waals surface area contributed by atoms with Gasteiger partial charge in [0.1, 0.15) is 0 Å². The van der Waals surface area contributed by atoms with Crippen molar-refractivity contribution in [2.75, 3.05) is 0 Å². The van der Waals surface area contributed by atoms with E-state index in [0.717, 1.165) is 6.42 Å². The molecule has 0 N–H and O–H groups in total. The summed E-state index contributed by atoms with van der Waals surface area (Å²) < 4.78 is 0. The molecule has 73 heavy (non-hydrogen) atoms. The van der Waals surface area contributed by atoms with Gasteiger partial charge < -0.3 is 0 Å². The van der Waals surface area contributed by atoms with Crippen LogP contribution < -0.4 is 0 Å². The summed E-state index contributed by atoms with van der Waals surface area (Å²) in [5.41, 5.74) is 16.2. The standard InChI is InChI=1S/C73H48/c1-73(68-22-10-14-47-13-5-6-21-63(47)68)41-39-48(40-42-73)60-32-24-50-30-38-67-62(34-26-52-28-36-65(60)70(50)72(52)67)58-20-9-18-56(45-58)54-16-7-15-53(43-54)55-17-8-19-57(44-55)61-33-25-51-27-35-64-59(46-11-3-2-4-12-46)31-23-49-29-37-66(61)71(51)69(49)64/h2-41,43-45H,42H2,1H3. The van der Waals surface area contributed by atoms with Crippen LogP contribution >= 0.6 is 0 Å². The van der Waals surface area contributed by atoms with Crippen molar-refractivity contribution in [3.8, 4) is 55.6 Å². The average molecular weight is 925 g/mol. The van der Waals surface area contributed by atoms with Crippen LogP contribution in [0, 0.1) is 0 Å². The summed E-state index contributed by atoms with van der Waals surface area (Å²) >= 11 is 0. The molecule has 0 amide bonds. The summed E-state index contributed by atoms with van der Waals surface area (Å²) in [4.78, 5) is 0. The molecule has 1 aliphatic rings. The van der Waals surface area contributed by atoms with Gasteiger partial charge in [-0.2, -0.15) is 0 Å². The van der Waals surface area contributed by atoms with E-state index >= 15 is 0 Å². The second-order valence-corrected chi connectivity index (χ2v) is 20.5. The summed E-state index contributed by atoms with van der Waals surface area (Å²) in [6.45, 7) is 2.38. The van der Waals surface area contributed by atoms with Gasteiger partial charge in [0.05, 0.1) is 0 Å². The fourth-order valence-corrected chi connectivity index (χ4v) is 12.7. The molecule has 1 aliphatic carbocycles. The Labute approximate surface area is 425 Å². The lowest BCUT2D eigenvalue weighted by Crippen LogP contribution is -2.20. The van der Waals surface area contributed by atoms with Gasteiger partial charge >= 0.3 is 0 Å². The van der Waals surface area contributed by atoms with E-state index in [1.54, 1.807) is 0 Å². The van der Waals surface area contributed by atoms with Crippen LogP contribution in [0.5, 0.6) is 0 Å². The summed E-state index contributed by atoms with van der Waals surface area (Å²) in [7, 11) is 0. The monoisotopic (exact) mass is 924 g/mol. The van der Waals surface area contributed by atoms with Gasteiger partial charge in [0, 0.05) is 5.41 Å². The molecule has 14 aromatic carbocycles. The lowest BCUT2D eigenvalue weighted by atomic mass is 9.73. The van der Waals surface area contributed by atoms with Crippen molar-refractivity contribution in [3.63, 3.8) is 0 Å². The lowest BCUT2D eigenvalue weighted by Gasteiger charge is -2.30. The number of hydrogen-bond donors (Lipinski definition) is 0. The summed E-state index contributed by atoms with van der Waals surface area (Å²) in [5.74, 6) is 0. The zero-order valence-corrected chi connectivity index (χ0v) is 40.5. The molecule has 0 aromatic heterocycles. The van der Waals surface area contributed by atoms with Crippen molar-refractivity contribution < 1.29 is 0 Å². The van der Waals surface area contributed by atoms with Crippen molar-refractivity contribution in [1.29, 1.82) is 0 Å². The second-order valence-electron chi connectivity index (χ2n) is 20.5. The molecule has 0 aliphatic heterocycles. The van der Waals surface area contributed by atoms with Crippen LogP contribution in [0.1, 0.15) is 24.5 Å². The minimum absolute atomic E-state index is 0.0772. The predicted octanol–water partition coefficient (Wildman–Crippen LogP) is 20.3. The lowest BCUT2D eigenvalue weighted by molar-refractivity contribution is 0.607. The Bertz CT molecular complexity index is 4580. The first kappa shape index (κ1) is 41.7. The Morgan fingerprint density at radius 1 is 0.288 bits per heavy atom. The molecular formula is C73H48. The summed E-state index contributed by atoms with van der Waals surface area (Å²) in [5, 5.41) is 18.3. The van der Waals surface area contributed by atoms with Gasteiger partial charge in [0.25, 0.3) is 0 Å². The minimum atomic E-state index is -0.0772. The highest BCUT2D eigenvalue weighted by atomic mass is 14.3. The van der Waals surface area contributed by atoms with Crippen LogP contribution in [-0.4, -0.2) is 0 Å². The molecule has 0 nitrogen and oxygen atoms in total. The molecular weight excluding hydrogens is 877 g/mol. The Hall–Kier alpha value is -9.10. The van der Waals surface area contributed by atoms with Crippen LogP contribution in [-0.2, 0) is 5.41 Å². The first-order chi connectivity index (χ1) is 36.0. The zero-order valence-electron chi connectivity index (χ0n) is 40.5. The van der Waals surface area contributed by atoms with E-state index in [1.165, 1.54) is 148 Å². The van der Waals surface area contributed by atoms with Crippen molar-refractivity contribution in [1.82, 2.24) is 0 Å². The molecule has 0 heterocycles. The molecule has 1 unspecified atom stereocenters. The van der Waals surface area contributed by atoms with Gasteiger partial charge in [-0.25, -0.2) is 0 Å². The van der Waals surface area contributed by atoms with E-state index in [0.29, 0.717) is 0 Å². The third-order valence-corrected chi connectivity index (χ3v) is 16.4. The van der Waals surface area contributed by atoms with Gasteiger partial charge in [-0.15, -0.1) is 0 Å². The molecule has 0 fully saturated rings. The molecule has 0 spiro atoms. The van der Waals surface area contributed by atoms with Gasteiger partial charge in [0.15, 0.2) is 0 Å². The van der Waals surface area contributed by atoms with Crippen LogP contribution in [0.4, 0.5) is 0 Å². The van der Waals surface area contributed by atoms with E-state index in [-0.39, 0.29) is 5.41 Å². The van der Waals surface area contributed by atoms with Crippen LogP contribution in [0.15, 0.2) is 261 Å². The third-order valence-electron chi connectivity index (χ3n) is 16.4. The van der Waals surface area contributed by atoms with Crippen LogP contribution in [0.25, 0.3) is 137 Å². The quantitative estimate of drug-likeness (QED) is 0.140. The topological polar surface area (TPSA) is 0 Å². The molecule has 15 rings (SSSR count). The van der Waals surface area contributed by atoms with E-state index < -0.39 is 0 Å². The average Bonchev–Trinajstić information content (AvgIpc) is 3.47. The van der Waals surface area contributed by atoms with Crippen molar-refractivity contribution in [2.24, 2.45) is 0 Å². The highest BCUT2D eigenvalue weighted by Gasteiger charge is 2.28. The number of fused-ring (bicyclic) bond motifs is 1. The minimum Gasteiger partial charge on any atom is -0.0755 e. The largest absolute Gasteiger partial charge is 0.0755 e. The molecule has 0 heteroatoms. The highest BCUT2D eigenvalue weighted by molar-refractivity contribution is 6.29.